The van der Waals surface area contributed by atoms with E-state index in [0.717, 1.165) is 18.6 Å². The fraction of sp³-hybridized carbons (Fsp3) is 1.00. The molecule has 0 saturated carbocycles. The minimum absolute atomic E-state index is 0.683. The molecule has 16 heavy (non-hydrogen) atoms. The van der Waals surface area contributed by atoms with Crippen molar-refractivity contribution in [2.75, 3.05) is 13.1 Å². The van der Waals surface area contributed by atoms with Crippen LogP contribution in [0.25, 0.3) is 0 Å². The van der Waals surface area contributed by atoms with Crippen LogP contribution in [0.15, 0.2) is 0 Å². The fourth-order valence-corrected chi connectivity index (χ4v) is 2.94. The Balaban J connectivity index is 2.20. The number of hydrogen-bond donors (Lipinski definition) is 1. The highest BCUT2D eigenvalue weighted by Gasteiger charge is 2.28. The van der Waals surface area contributed by atoms with Crippen LogP contribution >= 0.6 is 0 Å². The molecule has 96 valence electrons. The van der Waals surface area contributed by atoms with Gasteiger partial charge in [-0.3, -0.25) is 4.90 Å². The van der Waals surface area contributed by atoms with Crippen molar-refractivity contribution >= 4 is 0 Å². The third-order valence-corrected chi connectivity index (χ3v) is 4.01. The van der Waals surface area contributed by atoms with E-state index in [1.807, 2.05) is 0 Å². The summed E-state index contributed by atoms with van der Waals surface area (Å²) in [6.07, 6.45) is 6.69. The molecule has 1 fully saturated rings. The van der Waals surface area contributed by atoms with Crippen LogP contribution in [-0.2, 0) is 0 Å². The molecule has 1 aliphatic rings. The Labute approximate surface area is 102 Å². The molecule has 1 heterocycles. The summed E-state index contributed by atoms with van der Waals surface area (Å²) in [7, 11) is 0. The van der Waals surface area contributed by atoms with E-state index >= 15 is 0 Å². The number of nitrogens with one attached hydrogen (secondary N) is 1. The van der Waals surface area contributed by atoms with E-state index in [1.165, 1.54) is 38.6 Å². The number of likely N-dealkylation sites (tertiary alicyclic amines) is 1. The molecule has 3 unspecified atom stereocenters. The minimum atomic E-state index is 0.683. The van der Waals surface area contributed by atoms with Crippen LogP contribution in [0.5, 0.6) is 0 Å². The van der Waals surface area contributed by atoms with Gasteiger partial charge in [-0.05, 0) is 39.5 Å². The van der Waals surface area contributed by atoms with E-state index in [1.54, 1.807) is 0 Å². The minimum Gasteiger partial charge on any atom is -0.313 e. The molecule has 1 aliphatic heterocycles. The molecule has 3 atom stereocenters. The third kappa shape index (κ3) is 4.06. The van der Waals surface area contributed by atoms with Gasteiger partial charge in [0.1, 0.15) is 0 Å². The van der Waals surface area contributed by atoms with Crippen molar-refractivity contribution in [3.8, 4) is 0 Å². The van der Waals surface area contributed by atoms with Crippen LogP contribution in [0.3, 0.4) is 0 Å². The van der Waals surface area contributed by atoms with Crippen molar-refractivity contribution in [2.24, 2.45) is 0 Å². The fourth-order valence-electron chi connectivity index (χ4n) is 2.94. The van der Waals surface area contributed by atoms with E-state index in [9.17, 15) is 0 Å². The van der Waals surface area contributed by atoms with Gasteiger partial charge >= 0.3 is 0 Å². The van der Waals surface area contributed by atoms with Crippen LogP contribution in [0.4, 0.5) is 0 Å². The Morgan fingerprint density at radius 2 is 2.06 bits per heavy atom. The zero-order valence-electron chi connectivity index (χ0n) is 11.6. The average Bonchev–Trinajstić information content (AvgIpc) is 2.60. The van der Waals surface area contributed by atoms with Crippen molar-refractivity contribution in [1.29, 1.82) is 0 Å². The van der Waals surface area contributed by atoms with Crippen molar-refractivity contribution in [3.63, 3.8) is 0 Å². The van der Waals surface area contributed by atoms with E-state index < -0.39 is 0 Å². The summed E-state index contributed by atoms with van der Waals surface area (Å²) in [6.45, 7) is 11.6. The number of nitrogens with zero attached hydrogens (tertiary/aromatic N) is 1. The summed E-state index contributed by atoms with van der Waals surface area (Å²) in [5.74, 6) is 0. The van der Waals surface area contributed by atoms with Gasteiger partial charge in [0.25, 0.3) is 0 Å². The van der Waals surface area contributed by atoms with Crippen LogP contribution < -0.4 is 5.32 Å². The first-order valence-electron chi connectivity index (χ1n) is 7.18. The maximum atomic E-state index is 3.63. The lowest BCUT2D eigenvalue weighted by molar-refractivity contribution is 0.197. The molecular formula is C14H30N2. The second-order valence-electron chi connectivity index (χ2n) is 5.37. The summed E-state index contributed by atoms with van der Waals surface area (Å²) < 4.78 is 0. The molecule has 0 radical (unpaired) electrons. The van der Waals surface area contributed by atoms with Gasteiger partial charge in [0.2, 0.25) is 0 Å². The molecule has 2 heteroatoms. The lowest BCUT2D eigenvalue weighted by Crippen LogP contribution is -2.41. The van der Waals surface area contributed by atoms with Crippen LogP contribution in [0, 0.1) is 0 Å². The number of rotatable bonds is 7. The molecule has 0 amide bonds. The maximum absolute atomic E-state index is 3.63. The molecular weight excluding hydrogens is 196 g/mol. The third-order valence-electron chi connectivity index (χ3n) is 4.01. The largest absolute Gasteiger partial charge is 0.313 e. The Bertz CT molecular complexity index is 182. The van der Waals surface area contributed by atoms with Crippen LogP contribution in [0.1, 0.15) is 59.8 Å². The summed E-state index contributed by atoms with van der Waals surface area (Å²) in [5.41, 5.74) is 0. The Morgan fingerprint density at radius 3 is 2.69 bits per heavy atom. The standard InChI is InChI=1S/C14H30N2/c1-5-7-12(3)15-10-11-16-13(4)8-9-14(16)6-2/h12-15H,5-11H2,1-4H3. The maximum Gasteiger partial charge on any atom is 0.0113 e. The van der Waals surface area contributed by atoms with Gasteiger partial charge in [0.05, 0.1) is 0 Å². The molecule has 0 aromatic rings. The molecule has 2 nitrogen and oxygen atoms in total. The van der Waals surface area contributed by atoms with Gasteiger partial charge in [0.15, 0.2) is 0 Å². The predicted octanol–water partition coefficient (Wildman–Crippen LogP) is 3.03. The summed E-state index contributed by atoms with van der Waals surface area (Å²) in [5, 5.41) is 3.63. The topological polar surface area (TPSA) is 15.3 Å². The highest BCUT2D eigenvalue weighted by Crippen LogP contribution is 2.25. The van der Waals surface area contributed by atoms with Crippen LogP contribution in [-0.4, -0.2) is 36.1 Å². The lowest BCUT2D eigenvalue weighted by Gasteiger charge is -2.28. The first-order valence-corrected chi connectivity index (χ1v) is 7.18. The van der Waals surface area contributed by atoms with Crippen molar-refractivity contribution in [2.45, 2.75) is 77.9 Å². The Kier molecular flexibility index (Phi) is 6.37. The first-order chi connectivity index (χ1) is 7.69. The van der Waals surface area contributed by atoms with Gasteiger partial charge < -0.3 is 5.32 Å². The molecule has 0 bridgehead atoms. The monoisotopic (exact) mass is 226 g/mol. The molecule has 0 aliphatic carbocycles. The molecule has 0 spiro atoms. The SMILES string of the molecule is CCCC(C)NCCN1C(C)CCC1CC. The summed E-state index contributed by atoms with van der Waals surface area (Å²) in [4.78, 5) is 2.70. The quantitative estimate of drug-likeness (QED) is 0.718. The summed E-state index contributed by atoms with van der Waals surface area (Å²) >= 11 is 0. The highest BCUT2D eigenvalue weighted by atomic mass is 15.2. The molecule has 1 N–H and O–H groups in total. The second kappa shape index (κ2) is 7.29. The second-order valence-corrected chi connectivity index (χ2v) is 5.37. The average molecular weight is 226 g/mol. The Hall–Kier alpha value is -0.0800. The van der Waals surface area contributed by atoms with E-state index in [2.05, 4.69) is 37.9 Å². The van der Waals surface area contributed by atoms with Crippen molar-refractivity contribution < 1.29 is 0 Å². The van der Waals surface area contributed by atoms with Gasteiger partial charge in [-0.25, -0.2) is 0 Å². The predicted molar refractivity (Wildman–Crippen MR) is 71.9 cm³/mol. The normalized spacial score (nSPS) is 28.5. The van der Waals surface area contributed by atoms with Crippen LogP contribution in [0.2, 0.25) is 0 Å². The van der Waals surface area contributed by atoms with E-state index in [0.29, 0.717) is 6.04 Å². The number of hydrogen-bond acceptors (Lipinski definition) is 2. The molecule has 0 aromatic heterocycles. The van der Waals surface area contributed by atoms with Gasteiger partial charge in [-0.1, -0.05) is 20.3 Å². The molecule has 1 saturated heterocycles. The highest BCUT2D eigenvalue weighted by molar-refractivity contribution is 4.84. The van der Waals surface area contributed by atoms with Gasteiger partial charge in [-0.2, -0.15) is 0 Å². The smallest absolute Gasteiger partial charge is 0.0113 e. The van der Waals surface area contributed by atoms with E-state index in [4.69, 9.17) is 0 Å². The van der Waals surface area contributed by atoms with Crippen molar-refractivity contribution in [3.05, 3.63) is 0 Å². The zero-order chi connectivity index (χ0) is 12.0. The summed E-state index contributed by atoms with van der Waals surface area (Å²) in [6, 6.07) is 2.33. The first kappa shape index (κ1) is 14.0. The zero-order valence-corrected chi connectivity index (χ0v) is 11.6. The van der Waals surface area contributed by atoms with Gasteiger partial charge in [-0.15, -0.1) is 0 Å². The molecule has 0 aromatic carbocycles. The van der Waals surface area contributed by atoms with Gasteiger partial charge in [0, 0.05) is 31.2 Å². The van der Waals surface area contributed by atoms with E-state index in [-0.39, 0.29) is 0 Å². The van der Waals surface area contributed by atoms with Crippen molar-refractivity contribution in [1.82, 2.24) is 10.2 Å². The molecule has 1 rings (SSSR count). The Morgan fingerprint density at radius 1 is 1.31 bits per heavy atom. The lowest BCUT2D eigenvalue weighted by atomic mass is 10.1.